The van der Waals surface area contributed by atoms with E-state index in [-0.39, 0.29) is 6.10 Å². The fourth-order valence-corrected chi connectivity index (χ4v) is 9.72. The molecule has 3 aromatic carbocycles. The van der Waals surface area contributed by atoms with E-state index >= 15 is 0 Å². The Labute approximate surface area is 283 Å². The molecule has 45 heavy (non-hydrogen) atoms. The molecule has 0 radical (unpaired) electrons. The average Bonchev–Trinajstić information content (AvgIpc) is 3.60. The van der Waals surface area contributed by atoms with Crippen molar-refractivity contribution in [3.8, 4) is 5.75 Å². The molecule has 1 saturated heterocycles. The minimum Gasteiger partial charge on any atom is -0.502 e. The van der Waals surface area contributed by atoms with Crippen LogP contribution in [0.15, 0.2) is 75.7 Å². The molecule has 2 aliphatic heterocycles. The molecule has 0 bridgehead atoms. The van der Waals surface area contributed by atoms with Crippen LogP contribution in [-0.4, -0.2) is 23.8 Å². The normalized spacial score (nSPS) is 15.9. The summed E-state index contributed by atoms with van der Waals surface area (Å²) < 4.78 is 12.7. The zero-order valence-corrected chi connectivity index (χ0v) is 31.1. The summed E-state index contributed by atoms with van der Waals surface area (Å²) in [6.07, 6.45) is 3.71. The Bertz CT molecular complexity index is 1530. The molecule has 10 heteroatoms. The minimum absolute atomic E-state index is 0.0322. The van der Waals surface area contributed by atoms with Gasteiger partial charge in [-0.2, -0.15) is 6.67 Å². The first-order valence-electron chi connectivity index (χ1n) is 14.7. The predicted octanol–water partition coefficient (Wildman–Crippen LogP) is 10.4. The molecular formula is C35H42Cl2N3O3RuS-. The number of aryl methyl sites for hydroxylation is 6. The van der Waals surface area contributed by atoms with E-state index in [0.29, 0.717) is 5.75 Å². The molecule has 1 fully saturated rings. The van der Waals surface area contributed by atoms with Crippen LogP contribution in [0.4, 0.5) is 11.4 Å². The van der Waals surface area contributed by atoms with Crippen molar-refractivity contribution in [1.82, 2.24) is 0 Å². The molecule has 0 amide bonds. The topological polar surface area (TPSA) is 54.4 Å². The first-order chi connectivity index (χ1) is 21.3. The number of hydrogen-bond donors (Lipinski definition) is 0. The van der Waals surface area contributed by atoms with Gasteiger partial charge in [-0.05, 0) is 63.8 Å². The summed E-state index contributed by atoms with van der Waals surface area (Å²) in [6.45, 7) is 21.5. The Hall–Kier alpha value is -2.64. The smallest absolute Gasteiger partial charge is 0.0146 e. The monoisotopic (exact) mass is 756 g/mol. The third-order valence-electron chi connectivity index (χ3n) is 7.43. The number of hydrogen-bond acceptors (Lipinski definition) is 6. The number of rotatable bonds is 8. The third-order valence-corrected chi connectivity index (χ3v) is 11.7. The third kappa shape index (κ3) is 8.59. The van der Waals surface area contributed by atoms with E-state index in [4.69, 9.17) is 28.4 Å². The SMILES string of the molecule is CC(C)Oc1ccc(S2(ON=O)C=CC=C2)cc1[CH]=[Ru]([Cl])[Cl].Cc1cc(C)c(N2[CH-]N(c3c(C)cc(C)cc3C)CC2)c(C)c1. The maximum Gasteiger partial charge on any atom is 0.0146 e. The summed E-state index contributed by atoms with van der Waals surface area (Å²) in [4.78, 5) is 16.3. The quantitative estimate of drug-likeness (QED) is 0.0992. The van der Waals surface area contributed by atoms with Gasteiger partial charge in [0.1, 0.15) is 0 Å². The summed E-state index contributed by atoms with van der Waals surface area (Å²) in [7, 11) is 10.0. The molecule has 0 atom stereocenters. The van der Waals surface area contributed by atoms with E-state index in [1.165, 1.54) is 44.8 Å². The van der Waals surface area contributed by atoms with Crippen molar-refractivity contribution < 1.29 is 22.5 Å². The number of anilines is 2. The Morgan fingerprint density at radius 2 is 1.33 bits per heavy atom. The average molecular weight is 757 g/mol. The summed E-state index contributed by atoms with van der Waals surface area (Å²) >= 11 is -2.02. The van der Waals surface area contributed by atoms with Crippen LogP contribution in [0.3, 0.4) is 0 Å². The van der Waals surface area contributed by atoms with Gasteiger partial charge in [0.05, 0.1) is 0 Å². The second-order valence-electron chi connectivity index (χ2n) is 11.6. The van der Waals surface area contributed by atoms with Crippen LogP contribution < -0.4 is 14.5 Å². The van der Waals surface area contributed by atoms with E-state index in [2.05, 4.69) is 87.6 Å². The van der Waals surface area contributed by atoms with Crippen molar-refractivity contribution in [3.63, 3.8) is 0 Å². The van der Waals surface area contributed by atoms with Gasteiger partial charge in [0.2, 0.25) is 0 Å². The van der Waals surface area contributed by atoms with Crippen LogP contribution in [0, 0.1) is 53.1 Å². The Kier molecular flexibility index (Phi) is 12.0. The van der Waals surface area contributed by atoms with E-state index in [1.807, 2.05) is 59.6 Å². The van der Waals surface area contributed by atoms with Crippen LogP contribution in [0.2, 0.25) is 0 Å². The Morgan fingerprint density at radius 1 is 0.844 bits per heavy atom. The van der Waals surface area contributed by atoms with Gasteiger partial charge in [-0.25, -0.2) is 0 Å². The van der Waals surface area contributed by atoms with Crippen LogP contribution >= 0.6 is 29.7 Å². The van der Waals surface area contributed by atoms with Crippen molar-refractivity contribution in [2.24, 2.45) is 5.34 Å². The van der Waals surface area contributed by atoms with Gasteiger partial charge >= 0.3 is 144 Å². The zero-order chi connectivity index (χ0) is 32.9. The Morgan fingerprint density at radius 3 is 1.76 bits per heavy atom. The number of halogens is 2. The van der Waals surface area contributed by atoms with E-state index in [9.17, 15) is 4.91 Å². The maximum atomic E-state index is 10.6. The van der Waals surface area contributed by atoms with Crippen LogP contribution in [0.25, 0.3) is 0 Å². The van der Waals surface area contributed by atoms with Gasteiger partial charge in [-0.3, -0.25) is 0 Å². The molecule has 244 valence electrons. The molecule has 0 aromatic heterocycles. The number of ether oxygens (including phenoxy) is 1. The van der Waals surface area contributed by atoms with Crippen molar-refractivity contribution in [2.75, 3.05) is 22.9 Å². The summed E-state index contributed by atoms with van der Waals surface area (Å²) in [5, 5.41) is 6.31. The molecule has 2 heterocycles. The van der Waals surface area contributed by atoms with Gasteiger partial charge in [0.15, 0.2) is 0 Å². The molecule has 2 aliphatic rings. The fourth-order valence-electron chi connectivity index (χ4n) is 6.01. The fraction of sp³-hybridized carbons (Fsp3) is 0.314. The second kappa shape index (κ2) is 15.3. The van der Waals surface area contributed by atoms with Gasteiger partial charge < -0.3 is 9.80 Å². The van der Waals surface area contributed by atoms with Gasteiger partial charge in [0, 0.05) is 24.5 Å². The summed E-state index contributed by atoms with van der Waals surface area (Å²) in [5.74, 6) is 0.707. The Balaban J connectivity index is 0.000000205. The van der Waals surface area contributed by atoms with Crippen LogP contribution in [0.1, 0.15) is 52.8 Å². The van der Waals surface area contributed by atoms with Crippen LogP contribution in [0.5, 0.6) is 5.75 Å². The zero-order valence-electron chi connectivity index (χ0n) is 27.1. The van der Waals surface area contributed by atoms with E-state index < -0.39 is 23.8 Å². The maximum absolute atomic E-state index is 10.6. The first kappa shape index (κ1) is 35.2. The summed E-state index contributed by atoms with van der Waals surface area (Å²) in [6, 6.07) is 14.7. The molecule has 3 aromatic rings. The first-order valence-corrected chi connectivity index (χ1v) is 21.9. The molecule has 0 aliphatic carbocycles. The summed E-state index contributed by atoms with van der Waals surface area (Å²) in [5.41, 5.74) is 11.6. The van der Waals surface area contributed by atoms with E-state index in [1.54, 1.807) is 0 Å². The molecule has 0 saturated carbocycles. The van der Waals surface area contributed by atoms with Crippen molar-refractivity contribution in [1.29, 1.82) is 0 Å². The van der Waals surface area contributed by atoms with Crippen molar-refractivity contribution in [2.45, 2.75) is 66.4 Å². The largest absolute Gasteiger partial charge is 0.502 e. The molecule has 0 spiro atoms. The predicted molar refractivity (Wildman–Crippen MR) is 190 cm³/mol. The molecule has 6 nitrogen and oxygen atoms in total. The molecular weight excluding hydrogens is 714 g/mol. The van der Waals surface area contributed by atoms with Gasteiger partial charge in [-0.15, -0.1) is 0 Å². The number of benzene rings is 3. The number of allylic oxidation sites excluding steroid dienone is 2. The molecule has 0 N–H and O–H groups in total. The van der Waals surface area contributed by atoms with E-state index in [0.717, 1.165) is 23.5 Å². The van der Waals surface area contributed by atoms with Gasteiger partial charge in [-0.1, -0.05) is 35.4 Å². The molecule has 5 rings (SSSR count). The standard InChI is InChI=1S/C21H27N2.C14H15NO3S.2ClH.Ru/c1-14-9-16(3)20(17(4)10-14)22-7-8-23(13-22)21-18(5)11-15(2)12-19(21)6;1-11(2)17-14-7-6-13(10-12(14)3)19(18-15-16)8-4-5-9-19;;;/h9-13H,7-8H2,1-6H3;3-11H,1-2H3;2*1H;/q-1;;;;+2/p-2. The second-order valence-corrected chi connectivity index (χ2v) is 19.8. The molecule has 0 unspecified atom stereocenters. The van der Waals surface area contributed by atoms with Crippen LogP contribution in [-0.2, 0) is 17.8 Å². The minimum atomic E-state index is -2.02. The van der Waals surface area contributed by atoms with Crippen molar-refractivity contribution in [3.05, 3.63) is 116 Å². The number of nitrogens with zero attached hydrogens (tertiary/aromatic N) is 3. The van der Waals surface area contributed by atoms with Crippen molar-refractivity contribution >= 4 is 45.7 Å². The van der Waals surface area contributed by atoms with Gasteiger partial charge in [0.25, 0.3) is 0 Å².